The summed E-state index contributed by atoms with van der Waals surface area (Å²) in [5.74, 6) is -2.60. The third-order valence-electron chi connectivity index (χ3n) is 3.28. The van der Waals surface area contributed by atoms with Crippen LogP contribution in [-0.4, -0.2) is 17.0 Å². The molecule has 2 N–H and O–H groups in total. The SMILES string of the molecule is O=C(O)[C@H]1CC=CC[C@H]1C(=O)Nc1ccc(Cl)cc1Cl. The van der Waals surface area contributed by atoms with Gasteiger partial charge in [0.15, 0.2) is 0 Å². The van der Waals surface area contributed by atoms with Crippen LogP contribution < -0.4 is 5.32 Å². The number of aliphatic carboxylic acids is 1. The lowest BCUT2D eigenvalue weighted by Crippen LogP contribution is -2.34. The highest BCUT2D eigenvalue weighted by Gasteiger charge is 2.34. The normalized spacial score (nSPS) is 21.5. The van der Waals surface area contributed by atoms with E-state index in [0.29, 0.717) is 28.6 Å². The Morgan fingerprint density at radius 3 is 2.40 bits per heavy atom. The molecule has 106 valence electrons. The number of halogens is 2. The lowest BCUT2D eigenvalue weighted by molar-refractivity contribution is -0.146. The summed E-state index contributed by atoms with van der Waals surface area (Å²) in [6, 6.07) is 4.73. The summed E-state index contributed by atoms with van der Waals surface area (Å²) in [5.41, 5.74) is 0.430. The van der Waals surface area contributed by atoms with E-state index in [-0.39, 0.29) is 5.91 Å². The molecule has 0 bridgehead atoms. The Kier molecular flexibility index (Phi) is 4.68. The number of carbonyl (C=O) groups excluding carboxylic acids is 1. The zero-order valence-corrected chi connectivity index (χ0v) is 12.0. The Morgan fingerprint density at radius 2 is 1.80 bits per heavy atom. The van der Waals surface area contributed by atoms with Gasteiger partial charge in [-0.1, -0.05) is 35.4 Å². The Hall–Kier alpha value is -1.52. The van der Waals surface area contributed by atoms with E-state index in [1.807, 2.05) is 6.08 Å². The maximum Gasteiger partial charge on any atom is 0.307 e. The molecule has 2 atom stereocenters. The number of carboxylic acids is 1. The van der Waals surface area contributed by atoms with E-state index in [4.69, 9.17) is 28.3 Å². The van der Waals surface area contributed by atoms with E-state index in [1.54, 1.807) is 18.2 Å². The van der Waals surface area contributed by atoms with Gasteiger partial charge < -0.3 is 10.4 Å². The van der Waals surface area contributed by atoms with E-state index in [1.165, 1.54) is 6.07 Å². The van der Waals surface area contributed by atoms with Crippen molar-refractivity contribution in [2.75, 3.05) is 5.32 Å². The van der Waals surface area contributed by atoms with Crippen LogP contribution in [0, 0.1) is 11.8 Å². The van der Waals surface area contributed by atoms with Crippen molar-refractivity contribution < 1.29 is 14.7 Å². The quantitative estimate of drug-likeness (QED) is 0.838. The van der Waals surface area contributed by atoms with E-state index < -0.39 is 17.8 Å². The molecule has 1 aromatic carbocycles. The van der Waals surface area contributed by atoms with E-state index in [0.717, 1.165) is 0 Å². The number of hydrogen-bond donors (Lipinski definition) is 2. The second-order valence-electron chi connectivity index (χ2n) is 4.61. The van der Waals surface area contributed by atoms with Crippen molar-refractivity contribution in [1.29, 1.82) is 0 Å². The lowest BCUT2D eigenvalue weighted by Gasteiger charge is -2.24. The van der Waals surface area contributed by atoms with Crippen LogP contribution in [0.4, 0.5) is 5.69 Å². The molecular formula is C14H13Cl2NO3. The number of allylic oxidation sites excluding steroid dienone is 2. The molecule has 0 unspecified atom stereocenters. The van der Waals surface area contributed by atoms with Crippen LogP contribution in [0.2, 0.25) is 10.0 Å². The Bertz CT molecular complexity index is 572. The van der Waals surface area contributed by atoms with Crippen LogP contribution in [0.15, 0.2) is 30.4 Å². The van der Waals surface area contributed by atoms with Gasteiger partial charge in [0, 0.05) is 5.02 Å². The summed E-state index contributed by atoms with van der Waals surface area (Å²) in [5, 5.41) is 12.6. The molecule has 0 radical (unpaired) electrons. The third kappa shape index (κ3) is 3.32. The molecule has 4 nitrogen and oxygen atoms in total. The summed E-state index contributed by atoms with van der Waals surface area (Å²) < 4.78 is 0. The van der Waals surface area contributed by atoms with E-state index in [9.17, 15) is 9.59 Å². The predicted octanol–water partition coefficient (Wildman–Crippen LogP) is 3.60. The molecule has 0 saturated heterocycles. The average molecular weight is 314 g/mol. The molecule has 1 aromatic rings. The number of benzene rings is 1. The van der Waals surface area contributed by atoms with Gasteiger partial charge in [-0.2, -0.15) is 0 Å². The Balaban J connectivity index is 2.14. The van der Waals surface area contributed by atoms with Gasteiger partial charge in [-0.25, -0.2) is 0 Å². The number of carboxylic acid groups (broad SMARTS) is 1. The van der Waals surface area contributed by atoms with Crippen molar-refractivity contribution in [2.24, 2.45) is 11.8 Å². The lowest BCUT2D eigenvalue weighted by atomic mass is 9.82. The van der Waals surface area contributed by atoms with Gasteiger partial charge in [0.25, 0.3) is 0 Å². The Morgan fingerprint density at radius 1 is 1.15 bits per heavy atom. The molecule has 0 fully saturated rings. The molecule has 0 heterocycles. The Labute approximate surface area is 126 Å². The smallest absolute Gasteiger partial charge is 0.307 e. The number of nitrogens with one attached hydrogen (secondary N) is 1. The highest BCUT2D eigenvalue weighted by molar-refractivity contribution is 6.36. The highest BCUT2D eigenvalue weighted by atomic mass is 35.5. The summed E-state index contributed by atoms with van der Waals surface area (Å²) >= 11 is 11.8. The molecule has 20 heavy (non-hydrogen) atoms. The summed E-state index contributed by atoms with van der Waals surface area (Å²) in [6.45, 7) is 0. The minimum atomic E-state index is -0.961. The van der Waals surface area contributed by atoms with Gasteiger partial charge in [-0.05, 0) is 31.0 Å². The van der Waals surface area contributed by atoms with Gasteiger partial charge in [0.05, 0.1) is 22.5 Å². The first-order chi connectivity index (χ1) is 9.49. The molecule has 2 rings (SSSR count). The van der Waals surface area contributed by atoms with Crippen LogP contribution in [0.5, 0.6) is 0 Å². The first kappa shape index (κ1) is 14.9. The van der Waals surface area contributed by atoms with Crippen LogP contribution in [0.1, 0.15) is 12.8 Å². The second-order valence-corrected chi connectivity index (χ2v) is 5.45. The summed E-state index contributed by atoms with van der Waals surface area (Å²) in [4.78, 5) is 23.4. The number of carbonyl (C=O) groups is 2. The molecule has 0 spiro atoms. The molecule has 1 aliphatic carbocycles. The summed E-state index contributed by atoms with van der Waals surface area (Å²) in [6.07, 6.45) is 4.39. The first-order valence-corrected chi connectivity index (χ1v) is 6.88. The number of rotatable bonds is 3. The molecular weight excluding hydrogens is 301 g/mol. The van der Waals surface area contributed by atoms with Gasteiger partial charge in [0.2, 0.25) is 5.91 Å². The zero-order valence-electron chi connectivity index (χ0n) is 10.5. The minimum absolute atomic E-state index is 0.323. The van der Waals surface area contributed by atoms with Crippen molar-refractivity contribution in [3.63, 3.8) is 0 Å². The fraction of sp³-hybridized carbons (Fsp3) is 0.286. The fourth-order valence-corrected chi connectivity index (χ4v) is 2.65. The molecule has 6 heteroatoms. The van der Waals surface area contributed by atoms with Crippen LogP contribution >= 0.6 is 23.2 Å². The fourth-order valence-electron chi connectivity index (χ4n) is 2.19. The topological polar surface area (TPSA) is 66.4 Å². The van der Waals surface area contributed by atoms with Crippen molar-refractivity contribution in [2.45, 2.75) is 12.8 Å². The minimum Gasteiger partial charge on any atom is -0.481 e. The van der Waals surface area contributed by atoms with E-state index in [2.05, 4.69) is 5.32 Å². The monoisotopic (exact) mass is 313 g/mol. The number of hydrogen-bond acceptors (Lipinski definition) is 2. The van der Waals surface area contributed by atoms with Crippen LogP contribution in [0.25, 0.3) is 0 Å². The van der Waals surface area contributed by atoms with Gasteiger partial charge >= 0.3 is 5.97 Å². The predicted molar refractivity (Wildman–Crippen MR) is 78.1 cm³/mol. The number of amides is 1. The first-order valence-electron chi connectivity index (χ1n) is 6.12. The molecule has 0 aromatic heterocycles. The van der Waals surface area contributed by atoms with Crippen molar-refractivity contribution in [3.8, 4) is 0 Å². The van der Waals surface area contributed by atoms with Crippen LogP contribution in [0.3, 0.4) is 0 Å². The van der Waals surface area contributed by atoms with Crippen molar-refractivity contribution >= 4 is 40.8 Å². The van der Waals surface area contributed by atoms with Crippen LogP contribution in [-0.2, 0) is 9.59 Å². The highest BCUT2D eigenvalue weighted by Crippen LogP contribution is 2.30. The average Bonchev–Trinajstić information content (AvgIpc) is 2.41. The van der Waals surface area contributed by atoms with Crippen molar-refractivity contribution in [3.05, 3.63) is 40.4 Å². The zero-order chi connectivity index (χ0) is 14.7. The summed E-state index contributed by atoms with van der Waals surface area (Å²) in [7, 11) is 0. The number of anilines is 1. The maximum absolute atomic E-state index is 12.2. The molecule has 1 aliphatic rings. The van der Waals surface area contributed by atoms with Gasteiger partial charge in [-0.15, -0.1) is 0 Å². The van der Waals surface area contributed by atoms with Gasteiger partial charge in [-0.3, -0.25) is 9.59 Å². The standard InChI is InChI=1S/C14H13Cl2NO3/c15-8-5-6-12(11(16)7-8)17-13(18)9-3-1-2-4-10(9)14(19)20/h1-2,5-7,9-10H,3-4H2,(H,17,18)(H,19,20)/t9-,10+/m1/s1. The van der Waals surface area contributed by atoms with Crippen molar-refractivity contribution in [1.82, 2.24) is 0 Å². The largest absolute Gasteiger partial charge is 0.481 e. The maximum atomic E-state index is 12.2. The third-order valence-corrected chi connectivity index (χ3v) is 3.82. The molecule has 0 aliphatic heterocycles. The molecule has 0 saturated carbocycles. The van der Waals surface area contributed by atoms with E-state index >= 15 is 0 Å². The molecule has 1 amide bonds. The second kappa shape index (κ2) is 6.29. The van der Waals surface area contributed by atoms with Gasteiger partial charge in [0.1, 0.15) is 0 Å².